The van der Waals surface area contributed by atoms with Gasteiger partial charge in [-0.05, 0) is 48.4 Å². The Kier molecular flexibility index (Phi) is 7.60. The lowest BCUT2D eigenvalue weighted by atomic mass is 9.86. The van der Waals surface area contributed by atoms with Crippen LogP contribution in [0.25, 0.3) is 0 Å². The standard InChI is InChI=1S/C25H18Cl2F3N5O3/c1-14-5-15(3-4-20(14)23(36)35(13-37-2)22-12-32-19(10-31)11-33-22)21-9-24(38-34-21,25(28,29)30)16-6-17(26)8-18(27)7-16/h3-8,11-12H,9,13H2,1-2H3. The number of aryl methyl sites for hydroxylation is 1. The molecule has 38 heavy (non-hydrogen) atoms. The molecule has 2 aromatic carbocycles. The third kappa shape index (κ3) is 5.15. The van der Waals surface area contributed by atoms with Crippen LogP contribution in [0.5, 0.6) is 0 Å². The maximum Gasteiger partial charge on any atom is 0.435 e. The molecule has 0 radical (unpaired) electrons. The van der Waals surface area contributed by atoms with Gasteiger partial charge in [-0.25, -0.2) is 9.97 Å². The number of methoxy groups -OCH3 is 1. The van der Waals surface area contributed by atoms with Crippen molar-refractivity contribution >= 4 is 40.6 Å². The topological polar surface area (TPSA) is 101 Å². The number of hydrogen-bond donors (Lipinski definition) is 0. The van der Waals surface area contributed by atoms with E-state index in [9.17, 15) is 18.0 Å². The summed E-state index contributed by atoms with van der Waals surface area (Å²) in [5.74, 6) is -0.333. The van der Waals surface area contributed by atoms with E-state index < -0.39 is 24.1 Å². The summed E-state index contributed by atoms with van der Waals surface area (Å²) in [6, 6.07) is 9.95. The van der Waals surface area contributed by atoms with Crippen molar-refractivity contribution in [1.29, 1.82) is 5.26 Å². The van der Waals surface area contributed by atoms with Gasteiger partial charge in [-0.3, -0.25) is 9.69 Å². The molecule has 196 valence electrons. The number of nitrogens with zero attached hydrogens (tertiary/aromatic N) is 5. The maximum atomic E-state index is 14.3. The van der Waals surface area contributed by atoms with Crippen LogP contribution in [-0.4, -0.2) is 41.6 Å². The monoisotopic (exact) mass is 563 g/mol. The first kappa shape index (κ1) is 27.3. The van der Waals surface area contributed by atoms with Crippen molar-refractivity contribution < 1.29 is 27.5 Å². The van der Waals surface area contributed by atoms with Crippen LogP contribution in [-0.2, 0) is 15.2 Å². The second-order valence-corrected chi connectivity index (χ2v) is 9.21. The van der Waals surface area contributed by atoms with Gasteiger partial charge < -0.3 is 9.57 Å². The quantitative estimate of drug-likeness (QED) is 0.351. The normalized spacial score (nSPS) is 16.9. The number of rotatable bonds is 6. The van der Waals surface area contributed by atoms with Crippen molar-refractivity contribution in [1.82, 2.24) is 9.97 Å². The van der Waals surface area contributed by atoms with Crippen molar-refractivity contribution in [2.24, 2.45) is 5.16 Å². The first-order valence-electron chi connectivity index (χ1n) is 10.9. The fraction of sp³-hybridized carbons (Fsp3) is 0.240. The van der Waals surface area contributed by atoms with E-state index in [1.54, 1.807) is 13.0 Å². The average Bonchev–Trinajstić information content (AvgIpc) is 3.34. The van der Waals surface area contributed by atoms with Crippen molar-refractivity contribution in [2.45, 2.75) is 25.1 Å². The molecule has 0 saturated heterocycles. The lowest BCUT2D eigenvalue weighted by Gasteiger charge is -2.29. The largest absolute Gasteiger partial charge is 0.435 e. The van der Waals surface area contributed by atoms with E-state index in [-0.39, 0.29) is 45.1 Å². The highest BCUT2D eigenvalue weighted by molar-refractivity contribution is 6.34. The molecule has 0 N–H and O–H groups in total. The lowest BCUT2D eigenvalue weighted by molar-refractivity contribution is -0.275. The number of nitriles is 1. The minimum Gasteiger partial charge on any atom is -0.374 e. The molecule has 1 aromatic heterocycles. The van der Waals surface area contributed by atoms with Crippen LogP contribution >= 0.6 is 23.2 Å². The van der Waals surface area contributed by atoms with E-state index in [0.29, 0.717) is 11.1 Å². The number of carbonyl (C=O) groups is 1. The molecule has 1 amide bonds. The third-order valence-electron chi connectivity index (χ3n) is 5.84. The molecule has 0 saturated carbocycles. The Bertz CT molecular complexity index is 1440. The molecule has 0 spiro atoms. The summed E-state index contributed by atoms with van der Waals surface area (Å²) < 4.78 is 48.0. The van der Waals surface area contributed by atoms with Gasteiger partial charge in [0, 0.05) is 34.7 Å². The van der Waals surface area contributed by atoms with Gasteiger partial charge >= 0.3 is 6.18 Å². The SMILES string of the molecule is COCN(C(=O)c1ccc(C2=NOC(c3cc(Cl)cc(Cl)c3)(C(F)(F)F)C2)cc1C)c1cnc(C#N)cn1. The molecular weight excluding hydrogens is 546 g/mol. The number of carbonyl (C=O) groups excluding carboxylic acids is 1. The minimum atomic E-state index is -4.83. The Balaban J connectivity index is 1.64. The van der Waals surface area contributed by atoms with E-state index in [1.165, 1.54) is 42.6 Å². The summed E-state index contributed by atoms with van der Waals surface area (Å²) in [5, 5.41) is 12.7. The highest BCUT2D eigenvalue weighted by atomic mass is 35.5. The van der Waals surface area contributed by atoms with Gasteiger partial charge in [0.1, 0.15) is 12.8 Å². The van der Waals surface area contributed by atoms with E-state index >= 15 is 0 Å². The first-order chi connectivity index (χ1) is 18.0. The van der Waals surface area contributed by atoms with Crippen LogP contribution in [0.2, 0.25) is 10.0 Å². The molecule has 8 nitrogen and oxygen atoms in total. The molecule has 1 aliphatic heterocycles. The molecule has 13 heteroatoms. The Hall–Kier alpha value is -3.72. The molecule has 2 heterocycles. The van der Waals surface area contributed by atoms with E-state index in [0.717, 1.165) is 12.1 Å². The summed E-state index contributed by atoms with van der Waals surface area (Å²) in [7, 11) is 1.39. The summed E-state index contributed by atoms with van der Waals surface area (Å²) in [4.78, 5) is 27.6. The van der Waals surface area contributed by atoms with E-state index in [2.05, 4.69) is 15.1 Å². The highest BCUT2D eigenvalue weighted by Crippen LogP contribution is 2.49. The molecular formula is C25H18Cl2F3N5O3. The van der Waals surface area contributed by atoms with Crippen molar-refractivity contribution in [3.05, 3.63) is 86.8 Å². The minimum absolute atomic E-state index is 0.0273. The first-order valence-corrected chi connectivity index (χ1v) is 11.7. The third-order valence-corrected chi connectivity index (χ3v) is 6.27. The predicted molar refractivity (Wildman–Crippen MR) is 133 cm³/mol. The van der Waals surface area contributed by atoms with Crippen molar-refractivity contribution in [2.75, 3.05) is 18.7 Å². The zero-order chi connectivity index (χ0) is 27.7. The number of hydrogen-bond acceptors (Lipinski definition) is 7. The van der Waals surface area contributed by atoms with Crippen LogP contribution < -0.4 is 4.90 Å². The Morgan fingerprint density at radius 1 is 1.18 bits per heavy atom. The van der Waals surface area contributed by atoms with Gasteiger partial charge in [0.05, 0.1) is 18.1 Å². The summed E-state index contributed by atoms with van der Waals surface area (Å²) in [6.45, 7) is 1.48. The van der Waals surface area contributed by atoms with E-state index in [4.69, 9.17) is 38.0 Å². The fourth-order valence-electron chi connectivity index (χ4n) is 3.95. The summed E-state index contributed by atoms with van der Waals surface area (Å²) in [6.07, 6.45) is -2.97. The number of oxime groups is 1. The molecule has 1 aliphatic rings. The second kappa shape index (κ2) is 10.6. The van der Waals surface area contributed by atoms with Gasteiger partial charge in [-0.1, -0.05) is 34.4 Å². The molecule has 3 aromatic rings. The van der Waals surface area contributed by atoms with Gasteiger partial charge in [0.15, 0.2) is 11.5 Å². The van der Waals surface area contributed by atoms with Gasteiger partial charge in [0.25, 0.3) is 11.5 Å². The number of halogens is 5. The summed E-state index contributed by atoms with van der Waals surface area (Å²) >= 11 is 11.9. The molecule has 0 aliphatic carbocycles. The second-order valence-electron chi connectivity index (χ2n) is 8.34. The van der Waals surface area contributed by atoms with Crippen molar-refractivity contribution in [3.8, 4) is 6.07 Å². The molecule has 1 unspecified atom stereocenters. The zero-order valence-electron chi connectivity index (χ0n) is 19.9. The number of aromatic nitrogens is 2. The van der Waals surface area contributed by atoms with Crippen LogP contribution in [0.3, 0.4) is 0 Å². The zero-order valence-corrected chi connectivity index (χ0v) is 21.4. The van der Waals surface area contributed by atoms with Crippen LogP contribution in [0.1, 0.15) is 39.2 Å². The molecule has 0 fully saturated rings. The van der Waals surface area contributed by atoms with Gasteiger partial charge in [-0.15, -0.1) is 0 Å². The number of ether oxygens (including phenoxy) is 1. The fourth-order valence-corrected chi connectivity index (χ4v) is 4.48. The van der Waals surface area contributed by atoms with Crippen molar-refractivity contribution in [3.63, 3.8) is 0 Å². The number of anilines is 1. The Morgan fingerprint density at radius 2 is 1.89 bits per heavy atom. The Labute approximate surface area is 225 Å². The smallest absolute Gasteiger partial charge is 0.374 e. The molecule has 4 rings (SSSR count). The number of alkyl halides is 3. The highest BCUT2D eigenvalue weighted by Gasteiger charge is 2.62. The molecule has 1 atom stereocenters. The number of amides is 1. The Morgan fingerprint density at radius 3 is 2.45 bits per heavy atom. The van der Waals surface area contributed by atoms with Crippen LogP contribution in [0, 0.1) is 18.3 Å². The number of benzene rings is 2. The maximum absolute atomic E-state index is 14.3. The predicted octanol–water partition coefficient (Wildman–Crippen LogP) is 5.80. The average molecular weight is 564 g/mol. The van der Waals surface area contributed by atoms with Gasteiger partial charge in [-0.2, -0.15) is 18.4 Å². The van der Waals surface area contributed by atoms with E-state index in [1.807, 2.05) is 6.07 Å². The van der Waals surface area contributed by atoms with Crippen LogP contribution in [0.15, 0.2) is 53.9 Å². The lowest BCUT2D eigenvalue weighted by Crippen LogP contribution is -2.42. The van der Waals surface area contributed by atoms with Crippen LogP contribution in [0.4, 0.5) is 19.0 Å². The van der Waals surface area contributed by atoms with Gasteiger partial charge in [0.2, 0.25) is 0 Å². The molecule has 0 bridgehead atoms. The summed E-state index contributed by atoms with van der Waals surface area (Å²) in [5.41, 5.74) is -1.88.